The van der Waals surface area contributed by atoms with Gasteiger partial charge in [0.15, 0.2) is 0 Å². The maximum atomic E-state index is 13.4. The summed E-state index contributed by atoms with van der Waals surface area (Å²) < 4.78 is 15.4. The number of benzene rings is 2. The zero-order valence-electron chi connectivity index (χ0n) is 15.3. The lowest BCUT2D eigenvalue weighted by Crippen LogP contribution is -2.15. The summed E-state index contributed by atoms with van der Waals surface area (Å²) in [7, 11) is 3.78. The molecule has 0 radical (unpaired) electrons. The minimum Gasteiger partial charge on any atom is -0.327 e. The average Bonchev–Trinajstić information content (AvgIpc) is 2.93. The normalized spacial score (nSPS) is 11.1. The lowest BCUT2D eigenvalue weighted by atomic mass is 10.1. The number of anilines is 1. The van der Waals surface area contributed by atoms with Crippen molar-refractivity contribution < 1.29 is 9.18 Å². The number of imidazole rings is 1. The van der Waals surface area contributed by atoms with Crippen LogP contribution in [0.3, 0.4) is 0 Å². The number of nitrogens with one attached hydrogen (secondary N) is 2. The van der Waals surface area contributed by atoms with Gasteiger partial charge in [-0.3, -0.25) is 4.79 Å². The molecule has 1 amide bonds. The highest BCUT2D eigenvalue weighted by molar-refractivity contribution is 5.92. The van der Waals surface area contributed by atoms with E-state index in [0.29, 0.717) is 11.9 Å². The first-order chi connectivity index (χ1) is 12.5. The predicted molar refractivity (Wildman–Crippen MR) is 103 cm³/mol. The van der Waals surface area contributed by atoms with Crippen molar-refractivity contribution in [2.24, 2.45) is 7.05 Å². The summed E-state index contributed by atoms with van der Waals surface area (Å²) in [4.78, 5) is 16.6. The van der Waals surface area contributed by atoms with Gasteiger partial charge >= 0.3 is 0 Å². The van der Waals surface area contributed by atoms with Crippen LogP contribution in [-0.4, -0.2) is 29.1 Å². The second-order valence-electron chi connectivity index (χ2n) is 6.41. The van der Waals surface area contributed by atoms with E-state index in [9.17, 15) is 9.18 Å². The topological polar surface area (TPSA) is 59.0 Å². The Balaban J connectivity index is 1.83. The number of halogens is 1. The lowest BCUT2D eigenvalue weighted by Gasteiger charge is -2.10. The summed E-state index contributed by atoms with van der Waals surface area (Å²) in [5, 5.41) is 5.98. The van der Waals surface area contributed by atoms with E-state index >= 15 is 0 Å². The predicted octanol–water partition coefficient (Wildman–Crippen LogP) is 3.63. The van der Waals surface area contributed by atoms with Crippen molar-refractivity contribution in [2.45, 2.75) is 19.8 Å². The molecule has 6 heteroatoms. The largest absolute Gasteiger partial charge is 0.327 e. The van der Waals surface area contributed by atoms with Gasteiger partial charge in [0.25, 0.3) is 0 Å². The van der Waals surface area contributed by atoms with Crippen LogP contribution >= 0.6 is 0 Å². The molecule has 0 aliphatic heterocycles. The molecular formula is C20H23FN4O. The SMILES string of the molecule is CNCCCC(=O)Nc1ccc(-c2nc3cc(F)ccc3n2C)cc1C. The quantitative estimate of drug-likeness (QED) is 0.665. The van der Waals surface area contributed by atoms with Gasteiger partial charge in [0.1, 0.15) is 11.6 Å². The Labute approximate surface area is 152 Å². The number of nitrogens with zero attached hydrogens (tertiary/aromatic N) is 2. The number of hydrogen-bond donors (Lipinski definition) is 2. The summed E-state index contributed by atoms with van der Waals surface area (Å²) in [6.07, 6.45) is 1.29. The third kappa shape index (κ3) is 3.75. The van der Waals surface area contributed by atoms with Crippen LogP contribution in [0.5, 0.6) is 0 Å². The van der Waals surface area contributed by atoms with Crippen LogP contribution in [0.15, 0.2) is 36.4 Å². The summed E-state index contributed by atoms with van der Waals surface area (Å²) in [5.74, 6) is 0.476. The van der Waals surface area contributed by atoms with Crippen LogP contribution in [-0.2, 0) is 11.8 Å². The van der Waals surface area contributed by atoms with Gasteiger partial charge in [0.2, 0.25) is 5.91 Å². The number of aromatic nitrogens is 2. The first-order valence-corrected chi connectivity index (χ1v) is 8.67. The minimum atomic E-state index is -0.297. The van der Waals surface area contributed by atoms with Crippen LogP contribution in [0.4, 0.5) is 10.1 Å². The Morgan fingerprint density at radius 2 is 2.04 bits per heavy atom. The Bertz CT molecular complexity index is 948. The second kappa shape index (κ2) is 7.66. The van der Waals surface area contributed by atoms with Gasteiger partial charge in [0.05, 0.1) is 11.0 Å². The molecule has 0 saturated heterocycles. The number of amides is 1. The molecule has 0 spiro atoms. The monoisotopic (exact) mass is 354 g/mol. The van der Waals surface area contributed by atoms with Gasteiger partial charge in [-0.25, -0.2) is 9.37 Å². The van der Waals surface area contributed by atoms with Crippen molar-refractivity contribution >= 4 is 22.6 Å². The van der Waals surface area contributed by atoms with Crippen molar-refractivity contribution in [1.29, 1.82) is 0 Å². The molecule has 3 rings (SSSR count). The lowest BCUT2D eigenvalue weighted by molar-refractivity contribution is -0.116. The van der Waals surface area contributed by atoms with Crippen molar-refractivity contribution in [1.82, 2.24) is 14.9 Å². The van der Waals surface area contributed by atoms with Crippen molar-refractivity contribution in [3.63, 3.8) is 0 Å². The van der Waals surface area contributed by atoms with E-state index in [1.807, 2.05) is 43.8 Å². The van der Waals surface area contributed by atoms with Crippen LogP contribution in [0.25, 0.3) is 22.4 Å². The summed E-state index contributed by atoms with van der Waals surface area (Å²) in [6.45, 7) is 2.77. The Kier molecular flexibility index (Phi) is 5.32. The molecule has 0 bridgehead atoms. The molecule has 0 unspecified atom stereocenters. The summed E-state index contributed by atoms with van der Waals surface area (Å²) >= 11 is 0. The summed E-state index contributed by atoms with van der Waals surface area (Å²) in [5.41, 5.74) is 4.19. The van der Waals surface area contributed by atoms with E-state index in [0.717, 1.165) is 41.1 Å². The fourth-order valence-electron chi connectivity index (χ4n) is 3.01. The third-order valence-electron chi connectivity index (χ3n) is 4.43. The number of rotatable bonds is 6. The van der Waals surface area contributed by atoms with Crippen LogP contribution in [0.2, 0.25) is 0 Å². The number of fused-ring (bicyclic) bond motifs is 1. The van der Waals surface area contributed by atoms with E-state index in [-0.39, 0.29) is 11.7 Å². The van der Waals surface area contributed by atoms with Gasteiger partial charge in [-0.15, -0.1) is 0 Å². The van der Waals surface area contributed by atoms with Crippen molar-refractivity contribution in [3.8, 4) is 11.4 Å². The molecule has 2 N–H and O–H groups in total. The van der Waals surface area contributed by atoms with Crippen LogP contribution < -0.4 is 10.6 Å². The highest BCUT2D eigenvalue weighted by Gasteiger charge is 2.12. The van der Waals surface area contributed by atoms with Crippen LogP contribution in [0.1, 0.15) is 18.4 Å². The van der Waals surface area contributed by atoms with Gasteiger partial charge in [-0.05, 0) is 62.8 Å². The number of carbonyl (C=O) groups is 1. The van der Waals surface area contributed by atoms with E-state index in [2.05, 4.69) is 15.6 Å². The Morgan fingerprint density at radius 3 is 2.77 bits per heavy atom. The molecule has 5 nitrogen and oxygen atoms in total. The van der Waals surface area contributed by atoms with Crippen molar-refractivity contribution in [2.75, 3.05) is 18.9 Å². The molecule has 26 heavy (non-hydrogen) atoms. The molecule has 1 heterocycles. The molecule has 0 fully saturated rings. The van der Waals surface area contributed by atoms with E-state index in [1.54, 1.807) is 6.07 Å². The fourth-order valence-corrected chi connectivity index (χ4v) is 3.01. The maximum Gasteiger partial charge on any atom is 0.224 e. The molecule has 0 atom stereocenters. The van der Waals surface area contributed by atoms with Crippen molar-refractivity contribution in [3.05, 3.63) is 47.8 Å². The van der Waals surface area contributed by atoms with Gasteiger partial charge in [-0.2, -0.15) is 0 Å². The molecule has 0 aliphatic carbocycles. The average molecular weight is 354 g/mol. The minimum absolute atomic E-state index is 0.00862. The third-order valence-corrected chi connectivity index (χ3v) is 4.43. The zero-order valence-corrected chi connectivity index (χ0v) is 15.3. The highest BCUT2D eigenvalue weighted by Crippen LogP contribution is 2.27. The molecule has 3 aromatic rings. The fraction of sp³-hybridized carbons (Fsp3) is 0.300. The van der Waals surface area contributed by atoms with Gasteiger partial charge < -0.3 is 15.2 Å². The molecule has 1 aromatic heterocycles. The van der Waals surface area contributed by atoms with E-state index in [1.165, 1.54) is 12.1 Å². The van der Waals surface area contributed by atoms with Gasteiger partial charge in [0, 0.05) is 30.8 Å². The zero-order chi connectivity index (χ0) is 18.7. The molecule has 0 aliphatic rings. The van der Waals surface area contributed by atoms with Crippen LogP contribution in [0, 0.1) is 12.7 Å². The first kappa shape index (κ1) is 18.1. The number of hydrogen-bond acceptors (Lipinski definition) is 3. The maximum absolute atomic E-state index is 13.4. The molecule has 2 aromatic carbocycles. The summed E-state index contributed by atoms with van der Waals surface area (Å²) in [6, 6.07) is 10.4. The smallest absolute Gasteiger partial charge is 0.224 e. The van der Waals surface area contributed by atoms with E-state index < -0.39 is 0 Å². The molecule has 0 saturated carbocycles. The van der Waals surface area contributed by atoms with E-state index in [4.69, 9.17) is 0 Å². The highest BCUT2D eigenvalue weighted by atomic mass is 19.1. The Hall–Kier alpha value is -2.73. The standard InChI is InChI=1S/C20H23FN4O/c1-13-11-14(6-8-16(13)23-19(26)5-4-10-22-2)20-24-17-12-15(21)7-9-18(17)25(20)3/h6-9,11-12,22H,4-5,10H2,1-3H3,(H,23,26). The first-order valence-electron chi connectivity index (χ1n) is 8.67. The van der Waals surface area contributed by atoms with Gasteiger partial charge in [-0.1, -0.05) is 0 Å². The Morgan fingerprint density at radius 1 is 1.23 bits per heavy atom. The second-order valence-corrected chi connectivity index (χ2v) is 6.41. The molecule has 136 valence electrons. The number of aryl methyl sites for hydroxylation is 2. The molecular weight excluding hydrogens is 331 g/mol. The number of carbonyl (C=O) groups excluding carboxylic acids is 1.